The summed E-state index contributed by atoms with van der Waals surface area (Å²) in [4.78, 5) is 11.5. The van der Waals surface area contributed by atoms with E-state index in [0.717, 1.165) is 6.20 Å². The van der Waals surface area contributed by atoms with Crippen molar-refractivity contribution >= 4 is 12.6 Å². The van der Waals surface area contributed by atoms with Crippen LogP contribution in [0, 0.1) is 5.82 Å². The van der Waals surface area contributed by atoms with Gasteiger partial charge in [0.15, 0.2) is 5.84 Å². The molecule has 0 aromatic carbocycles. The Bertz CT molecular complexity index is 331. The first-order valence-electron chi connectivity index (χ1n) is 4.11. The third-order valence-corrected chi connectivity index (χ3v) is 1.50. The van der Waals surface area contributed by atoms with E-state index >= 15 is 0 Å². The molecule has 0 fully saturated rings. The number of nitrogens with zero attached hydrogens (tertiary/aromatic N) is 3. The second kappa shape index (κ2) is 5.18. The number of aromatic nitrogens is 1. The zero-order valence-electron chi connectivity index (χ0n) is 7.65. The minimum Gasteiger partial charge on any atom is -0.329 e. The monoisotopic (exact) mass is 194 g/mol. The van der Waals surface area contributed by atoms with Crippen LogP contribution < -0.4 is 5.73 Å². The van der Waals surface area contributed by atoms with Crippen molar-refractivity contribution in [3.8, 4) is 0 Å². The highest BCUT2D eigenvalue weighted by Gasteiger charge is 2.01. The molecule has 0 bridgehead atoms. The Morgan fingerprint density at radius 3 is 2.86 bits per heavy atom. The summed E-state index contributed by atoms with van der Waals surface area (Å²) in [6.07, 6.45) is 1.11. The predicted molar refractivity (Wildman–Crippen MR) is 54.2 cm³/mol. The number of amidine groups is 1. The van der Waals surface area contributed by atoms with E-state index in [4.69, 9.17) is 5.73 Å². The molecule has 2 N–H and O–H groups in total. The highest BCUT2D eigenvalue weighted by Crippen LogP contribution is 2.00. The molecule has 0 amide bonds. The average Bonchev–Trinajstić information content (AvgIpc) is 2.21. The number of aliphatic imine (C=N–C) groups is 2. The molecule has 74 valence electrons. The van der Waals surface area contributed by atoms with Gasteiger partial charge in [0.25, 0.3) is 0 Å². The number of halogens is 1. The lowest BCUT2D eigenvalue weighted by molar-refractivity contribution is 0.621. The van der Waals surface area contributed by atoms with Gasteiger partial charge in [-0.05, 0) is 18.9 Å². The fraction of sp³-hybridized carbons (Fsp3) is 0.222. The quantitative estimate of drug-likeness (QED) is 0.566. The summed E-state index contributed by atoms with van der Waals surface area (Å²) in [5.41, 5.74) is 5.78. The third-order valence-electron chi connectivity index (χ3n) is 1.50. The van der Waals surface area contributed by atoms with Crippen molar-refractivity contribution < 1.29 is 4.39 Å². The number of rotatable bonds is 3. The van der Waals surface area contributed by atoms with Gasteiger partial charge < -0.3 is 5.73 Å². The first-order valence-corrected chi connectivity index (χ1v) is 4.11. The van der Waals surface area contributed by atoms with Crippen LogP contribution in [-0.4, -0.2) is 30.6 Å². The van der Waals surface area contributed by atoms with Crippen LogP contribution >= 0.6 is 0 Å². The van der Waals surface area contributed by atoms with Crippen molar-refractivity contribution in [1.82, 2.24) is 4.98 Å². The molecular formula is C9H11FN4. The second-order valence-corrected chi connectivity index (χ2v) is 2.51. The largest absolute Gasteiger partial charge is 0.329 e. The van der Waals surface area contributed by atoms with Crippen molar-refractivity contribution in [3.63, 3.8) is 0 Å². The molecule has 4 nitrogen and oxygen atoms in total. The first-order chi connectivity index (χ1) is 6.77. The molecule has 1 rings (SSSR count). The molecule has 5 heteroatoms. The molecule has 1 aromatic rings. The Morgan fingerprint density at radius 1 is 1.57 bits per heavy atom. The van der Waals surface area contributed by atoms with E-state index in [2.05, 4.69) is 21.7 Å². The van der Waals surface area contributed by atoms with Crippen LogP contribution in [0.25, 0.3) is 0 Å². The maximum atomic E-state index is 12.5. The van der Waals surface area contributed by atoms with Crippen LogP contribution in [0.4, 0.5) is 4.39 Å². The molecule has 0 spiro atoms. The van der Waals surface area contributed by atoms with Gasteiger partial charge in [-0.1, -0.05) is 0 Å². The van der Waals surface area contributed by atoms with E-state index in [1.807, 2.05) is 0 Å². The Kier molecular flexibility index (Phi) is 3.87. The molecule has 0 atom stereocenters. The average molecular weight is 194 g/mol. The van der Waals surface area contributed by atoms with E-state index < -0.39 is 5.82 Å². The predicted octanol–water partition coefficient (Wildman–Crippen LogP) is 0.627. The lowest BCUT2D eigenvalue weighted by Crippen LogP contribution is -2.07. The van der Waals surface area contributed by atoms with E-state index in [1.165, 1.54) is 12.1 Å². The SMILES string of the molecule is C=NC(=NCCN)c1ccc(F)cn1. The van der Waals surface area contributed by atoms with E-state index in [9.17, 15) is 4.39 Å². The number of nitrogens with two attached hydrogens (primary N) is 1. The van der Waals surface area contributed by atoms with Gasteiger partial charge in [-0.15, -0.1) is 0 Å². The molecule has 0 aliphatic carbocycles. The number of pyridine rings is 1. The Morgan fingerprint density at radius 2 is 2.36 bits per heavy atom. The molecule has 0 radical (unpaired) electrons. The molecule has 1 heterocycles. The molecular weight excluding hydrogens is 183 g/mol. The fourth-order valence-electron chi connectivity index (χ4n) is 0.891. The van der Waals surface area contributed by atoms with Crippen LogP contribution in [0.1, 0.15) is 5.69 Å². The van der Waals surface area contributed by atoms with E-state index in [0.29, 0.717) is 24.6 Å². The summed E-state index contributed by atoms with van der Waals surface area (Å²) in [5, 5.41) is 0. The van der Waals surface area contributed by atoms with Crippen molar-refractivity contribution in [2.24, 2.45) is 15.7 Å². The zero-order chi connectivity index (χ0) is 10.4. The zero-order valence-corrected chi connectivity index (χ0v) is 7.65. The van der Waals surface area contributed by atoms with Crippen molar-refractivity contribution in [2.45, 2.75) is 0 Å². The maximum Gasteiger partial charge on any atom is 0.172 e. The Labute approximate surface area is 81.4 Å². The minimum absolute atomic E-state index is 0.385. The molecule has 0 saturated carbocycles. The standard InChI is InChI=1S/C9H11FN4/c1-12-9(13-5-4-11)8-3-2-7(10)6-14-8/h2-3,6H,1,4-5,11H2. The number of hydrogen-bond acceptors (Lipinski definition) is 3. The van der Waals surface area contributed by atoms with Crippen LogP contribution in [0.2, 0.25) is 0 Å². The second-order valence-electron chi connectivity index (χ2n) is 2.51. The van der Waals surface area contributed by atoms with Gasteiger partial charge in [0.2, 0.25) is 0 Å². The summed E-state index contributed by atoms with van der Waals surface area (Å²) in [6, 6.07) is 2.80. The van der Waals surface area contributed by atoms with Crippen molar-refractivity contribution in [3.05, 3.63) is 29.8 Å². The van der Waals surface area contributed by atoms with Gasteiger partial charge in [0, 0.05) is 6.54 Å². The molecule has 0 unspecified atom stereocenters. The summed E-state index contributed by atoms with van der Waals surface area (Å²) >= 11 is 0. The van der Waals surface area contributed by atoms with E-state index in [-0.39, 0.29) is 0 Å². The van der Waals surface area contributed by atoms with Crippen LogP contribution in [0.3, 0.4) is 0 Å². The molecule has 0 aliphatic heterocycles. The summed E-state index contributed by atoms with van der Waals surface area (Å²) < 4.78 is 12.5. The van der Waals surface area contributed by atoms with Gasteiger partial charge in [-0.3, -0.25) is 4.99 Å². The van der Waals surface area contributed by atoms with E-state index in [1.54, 1.807) is 0 Å². The smallest absolute Gasteiger partial charge is 0.172 e. The lowest BCUT2D eigenvalue weighted by Gasteiger charge is -1.98. The van der Waals surface area contributed by atoms with Gasteiger partial charge in [-0.2, -0.15) is 0 Å². The first kappa shape index (κ1) is 10.5. The minimum atomic E-state index is -0.393. The summed E-state index contributed by atoms with van der Waals surface area (Å²) in [7, 11) is 0. The molecule has 0 saturated heterocycles. The maximum absolute atomic E-state index is 12.5. The van der Waals surface area contributed by atoms with Crippen LogP contribution in [0.5, 0.6) is 0 Å². The Hall–Kier alpha value is -1.62. The van der Waals surface area contributed by atoms with Gasteiger partial charge in [0.1, 0.15) is 11.5 Å². The van der Waals surface area contributed by atoms with Crippen molar-refractivity contribution in [1.29, 1.82) is 0 Å². The lowest BCUT2D eigenvalue weighted by atomic mass is 10.3. The molecule has 1 aromatic heterocycles. The highest BCUT2D eigenvalue weighted by atomic mass is 19.1. The molecule has 14 heavy (non-hydrogen) atoms. The number of hydrogen-bond donors (Lipinski definition) is 1. The summed E-state index contributed by atoms with van der Waals surface area (Å²) in [6.45, 7) is 4.24. The topological polar surface area (TPSA) is 63.6 Å². The summed E-state index contributed by atoms with van der Waals surface area (Å²) in [5.74, 6) is -0.00793. The van der Waals surface area contributed by atoms with Crippen LogP contribution in [-0.2, 0) is 0 Å². The molecule has 0 aliphatic rings. The Balaban J connectivity index is 2.89. The van der Waals surface area contributed by atoms with Gasteiger partial charge in [0.05, 0.1) is 12.7 Å². The van der Waals surface area contributed by atoms with Gasteiger partial charge >= 0.3 is 0 Å². The van der Waals surface area contributed by atoms with Crippen LogP contribution in [0.15, 0.2) is 28.3 Å². The van der Waals surface area contributed by atoms with Gasteiger partial charge in [-0.25, -0.2) is 14.4 Å². The highest BCUT2D eigenvalue weighted by molar-refractivity contribution is 5.99. The fourth-order valence-corrected chi connectivity index (χ4v) is 0.891. The normalized spacial score (nSPS) is 11.4. The third kappa shape index (κ3) is 2.70. The van der Waals surface area contributed by atoms with Crippen molar-refractivity contribution in [2.75, 3.05) is 13.1 Å².